The predicted octanol–water partition coefficient (Wildman–Crippen LogP) is 2.09. The fraction of sp³-hybridized carbons (Fsp3) is 0.714. The number of carboxylic acid groups (broad SMARTS) is 1. The Morgan fingerprint density at radius 1 is 1.25 bits per heavy atom. The monoisotopic (exact) mass is 279 g/mol. The normalized spacial score (nSPS) is 22.1. The van der Waals surface area contributed by atoms with Crippen molar-refractivity contribution in [3.63, 3.8) is 0 Å². The zero-order valence-corrected chi connectivity index (χ0v) is 11.6. The summed E-state index contributed by atoms with van der Waals surface area (Å²) in [6, 6.07) is 2.55. The molecule has 0 unspecified atom stereocenters. The summed E-state index contributed by atoms with van der Waals surface area (Å²) in [5, 5.41) is 13.7. The molecule has 0 spiro atoms. The van der Waals surface area contributed by atoms with Crippen molar-refractivity contribution in [1.82, 2.24) is 14.7 Å². The highest BCUT2D eigenvalue weighted by molar-refractivity contribution is 5.65. The molecule has 0 saturated carbocycles. The second kappa shape index (κ2) is 5.83. The van der Waals surface area contributed by atoms with E-state index in [1.165, 1.54) is 4.90 Å². The van der Waals surface area contributed by atoms with Crippen LogP contribution in [0.5, 0.6) is 0 Å². The number of hydrogen-bond acceptors (Lipinski definition) is 3. The molecule has 3 rings (SSSR count). The Labute approximate surface area is 118 Å². The van der Waals surface area contributed by atoms with E-state index in [4.69, 9.17) is 14.9 Å². The number of hydrogen-bond donors (Lipinski definition) is 1. The number of piperidine rings is 1. The van der Waals surface area contributed by atoms with E-state index < -0.39 is 6.09 Å². The van der Waals surface area contributed by atoms with Gasteiger partial charge in [-0.05, 0) is 31.7 Å². The molecule has 2 aliphatic heterocycles. The lowest BCUT2D eigenvalue weighted by molar-refractivity contribution is 0.0660. The van der Waals surface area contributed by atoms with E-state index in [9.17, 15) is 4.79 Å². The first-order valence-electron chi connectivity index (χ1n) is 7.34. The maximum absolute atomic E-state index is 10.9. The van der Waals surface area contributed by atoms with E-state index in [0.717, 1.165) is 44.6 Å². The Balaban J connectivity index is 1.61. The van der Waals surface area contributed by atoms with Crippen LogP contribution in [0.25, 0.3) is 0 Å². The van der Waals surface area contributed by atoms with Gasteiger partial charge in [-0.1, -0.05) is 0 Å². The third-order valence-corrected chi connectivity index (χ3v) is 4.38. The van der Waals surface area contributed by atoms with Crippen LogP contribution < -0.4 is 0 Å². The topological polar surface area (TPSA) is 67.6 Å². The maximum Gasteiger partial charge on any atom is 0.407 e. The van der Waals surface area contributed by atoms with E-state index in [2.05, 4.69) is 16.9 Å². The summed E-state index contributed by atoms with van der Waals surface area (Å²) in [5.74, 6) is 0.395. The van der Waals surface area contributed by atoms with Crippen molar-refractivity contribution >= 4 is 6.09 Å². The first-order valence-corrected chi connectivity index (χ1v) is 7.34. The molecule has 0 aromatic carbocycles. The molecule has 0 bridgehead atoms. The van der Waals surface area contributed by atoms with Crippen LogP contribution in [0.1, 0.15) is 43.3 Å². The Bertz CT molecular complexity index is 460. The van der Waals surface area contributed by atoms with Crippen LogP contribution in [0, 0.1) is 0 Å². The standard InChI is InChI=1S/C14H21N3O3/c18-14(19)16-6-1-11(2-7-16)13-3-8-17(15-13)12-4-9-20-10-5-12/h3,8,11-12H,1-2,4-7,9-10H2,(H,18,19). The van der Waals surface area contributed by atoms with Crippen molar-refractivity contribution in [2.45, 2.75) is 37.6 Å². The molecule has 1 N–H and O–H groups in total. The van der Waals surface area contributed by atoms with Crippen molar-refractivity contribution in [3.05, 3.63) is 18.0 Å². The summed E-state index contributed by atoms with van der Waals surface area (Å²) in [6.45, 7) is 2.86. The Morgan fingerprint density at radius 2 is 1.95 bits per heavy atom. The van der Waals surface area contributed by atoms with Gasteiger partial charge in [0.2, 0.25) is 0 Å². The van der Waals surface area contributed by atoms with Gasteiger partial charge in [-0.2, -0.15) is 5.10 Å². The van der Waals surface area contributed by atoms with Crippen LogP contribution in [-0.4, -0.2) is 52.2 Å². The average molecular weight is 279 g/mol. The Kier molecular flexibility index (Phi) is 3.91. The van der Waals surface area contributed by atoms with Crippen LogP contribution in [0.4, 0.5) is 4.79 Å². The summed E-state index contributed by atoms with van der Waals surface area (Å²) in [6.07, 6.45) is 5.05. The minimum atomic E-state index is -0.809. The zero-order chi connectivity index (χ0) is 13.9. The van der Waals surface area contributed by atoms with Gasteiger partial charge < -0.3 is 14.7 Å². The van der Waals surface area contributed by atoms with Gasteiger partial charge >= 0.3 is 6.09 Å². The van der Waals surface area contributed by atoms with E-state index in [1.54, 1.807) is 0 Å². The van der Waals surface area contributed by atoms with Crippen LogP contribution in [0.3, 0.4) is 0 Å². The number of aromatic nitrogens is 2. The second-order valence-electron chi connectivity index (χ2n) is 5.61. The van der Waals surface area contributed by atoms with E-state index in [-0.39, 0.29) is 0 Å². The van der Waals surface area contributed by atoms with Crippen LogP contribution in [-0.2, 0) is 4.74 Å². The molecule has 2 fully saturated rings. The number of carbonyl (C=O) groups is 1. The van der Waals surface area contributed by atoms with Gasteiger partial charge in [0.15, 0.2) is 0 Å². The smallest absolute Gasteiger partial charge is 0.407 e. The Hall–Kier alpha value is -1.56. The third-order valence-electron chi connectivity index (χ3n) is 4.38. The van der Waals surface area contributed by atoms with Crippen molar-refractivity contribution in [3.8, 4) is 0 Å². The molecule has 1 aromatic rings. The first-order chi connectivity index (χ1) is 9.74. The number of nitrogens with zero attached hydrogens (tertiary/aromatic N) is 3. The molecule has 2 saturated heterocycles. The highest BCUT2D eigenvalue weighted by Gasteiger charge is 2.25. The van der Waals surface area contributed by atoms with Crippen LogP contribution in [0.2, 0.25) is 0 Å². The van der Waals surface area contributed by atoms with Crippen LogP contribution >= 0.6 is 0 Å². The fourth-order valence-corrected chi connectivity index (χ4v) is 3.09. The molecule has 1 amide bonds. The molecule has 3 heterocycles. The number of rotatable bonds is 2. The van der Waals surface area contributed by atoms with Gasteiger partial charge in [-0.25, -0.2) is 4.79 Å². The minimum Gasteiger partial charge on any atom is -0.465 e. The van der Waals surface area contributed by atoms with Gasteiger partial charge in [-0.15, -0.1) is 0 Å². The fourth-order valence-electron chi connectivity index (χ4n) is 3.09. The van der Waals surface area contributed by atoms with E-state index in [1.807, 2.05) is 0 Å². The molecule has 0 aliphatic carbocycles. The van der Waals surface area contributed by atoms with E-state index >= 15 is 0 Å². The largest absolute Gasteiger partial charge is 0.465 e. The minimum absolute atomic E-state index is 0.395. The van der Waals surface area contributed by atoms with Gasteiger partial charge in [0.05, 0.1) is 11.7 Å². The second-order valence-corrected chi connectivity index (χ2v) is 5.61. The molecule has 0 atom stereocenters. The lowest BCUT2D eigenvalue weighted by Crippen LogP contribution is -2.36. The molecule has 6 heteroatoms. The lowest BCUT2D eigenvalue weighted by atomic mass is 9.94. The molecule has 1 aromatic heterocycles. The first kappa shape index (κ1) is 13.4. The summed E-state index contributed by atoms with van der Waals surface area (Å²) in [5.41, 5.74) is 1.11. The Morgan fingerprint density at radius 3 is 2.60 bits per heavy atom. The van der Waals surface area contributed by atoms with Gasteiger partial charge in [0.1, 0.15) is 0 Å². The van der Waals surface area contributed by atoms with Crippen molar-refractivity contribution in [2.75, 3.05) is 26.3 Å². The summed E-state index contributed by atoms with van der Waals surface area (Å²) in [7, 11) is 0. The molecule has 20 heavy (non-hydrogen) atoms. The molecule has 0 radical (unpaired) electrons. The number of ether oxygens (including phenoxy) is 1. The summed E-state index contributed by atoms with van der Waals surface area (Å²) >= 11 is 0. The predicted molar refractivity (Wildman–Crippen MR) is 72.9 cm³/mol. The SMILES string of the molecule is O=C(O)N1CCC(c2ccn(C3CCOCC3)n2)CC1. The highest BCUT2D eigenvalue weighted by Crippen LogP contribution is 2.28. The number of amides is 1. The van der Waals surface area contributed by atoms with Crippen LogP contribution in [0.15, 0.2) is 12.3 Å². The van der Waals surface area contributed by atoms with E-state index in [0.29, 0.717) is 25.0 Å². The van der Waals surface area contributed by atoms with Gasteiger partial charge in [0, 0.05) is 38.4 Å². The molecule has 2 aliphatic rings. The van der Waals surface area contributed by atoms with Crippen molar-refractivity contribution < 1.29 is 14.6 Å². The molecular weight excluding hydrogens is 258 g/mol. The highest BCUT2D eigenvalue weighted by atomic mass is 16.5. The van der Waals surface area contributed by atoms with Crippen molar-refractivity contribution in [1.29, 1.82) is 0 Å². The lowest BCUT2D eigenvalue weighted by Gasteiger charge is -2.29. The quantitative estimate of drug-likeness (QED) is 0.900. The third kappa shape index (κ3) is 2.80. The average Bonchev–Trinajstić information content (AvgIpc) is 2.98. The molecular formula is C14H21N3O3. The zero-order valence-electron chi connectivity index (χ0n) is 11.6. The van der Waals surface area contributed by atoms with Gasteiger partial charge in [-0.3, -0.25) is 4.68 Å². The molecule has 6 nitrogen and oxygen atoms in total. The summed E-state index contributed by atoms with van der Waals surface area (Å²) < 4.78 is 7.45. The molecule has 110 valence electrons. The summed E-state index contributed by atoms with van der Waals surface area (Å²) in [4.78, 5) is 12.4. The van der Waals surface area contributed by atoms with Crippen molar-refractivity contribution in [2.24, 2.45) is 0 Å². The number of likely N-dealkylation sites (tertiary alicyclic amines) is 1. The maximum atomic E-state index is 10.9. The van der Waals surface area contributed by atoms with Gasteiger partial charge in [0.25, 0.3) is 0 Å².